The zero-order valence-electron chi connectivity index (χ0n) is 31.9. The van der Waals surface area contributed by atoms with Gasteiger partial charge in [-0.15, -0.1) is 0 Å². The molecule has 0 aromatic rings. The number of carbonyl (C=O) groups excluding carboxylic acids is 1. The third kappa shape index (κ3) is 6.29. The molecule has 0 amide bonds. The van der Waals surface area contributed by atoms with Crippen LogP contribution in [0.3, 0.4) is 0 Å². The zero-order chi connectivity index (χ0) is 34.7. The Hall–Kier alpha value is -0.936. The van der Waals surface area contributed by atoms with Gasteiger partial charge in [0.15, 0.2) is 8.32 Å². The summed E-state index contributed by atoms with van der Waals surface area (Å²) in [7, 11) is -2.56. The first-order valence-electron chi connectivity index (χ1n) is 18.3. The van der Waals surface area contributed by atoms with Crippen LogP contribution in [0.5, 0.6) is 0 Å². The lowest BCUT2D eigenvalue weighted by Crippen LogP contribution is -2.52. The average molecular weight is 677 g/mol. The fourth-order valence-corrected chi connectivity index (χ4v) is 17.1. The highest BCUT2D eigenvalue weighted by Crippen LogP contribution is 2.64. The zero-order valence-corrected chi connectivity index (χ0v) is 33.9. The van der Waals surface area contributed by atoms with Crippen LogP contribution in [0.2, 0.25) is 34.8 Å². The van der Waals surface area contributed by atoms with Crippen LogP contribution in [0.1, 0.15) is 102 Å². The van der Waals surface area contributed by atoms with Crippen LogP contribution in [0.15, 0.2) is 23.5 Å². The van der Waals surface area contributed by atoms with Gasteiger partial charge in [-0.05, 0) is 85.6 Å². The van der Waals surface area contributed by atoms with E-state index in [1.54, 1.807) is 6.26 Å². The molecule has 0 spiro atoms. The lowest BCUT2D eigenvalue weighted by atomic mass is 9.63. The normalized spacial score (nSPS) is 36.3. The van der Waals surface area contributed by atoms with E-state index in [0.29, 0.717) is 22.2 Å². The lowest BCUT2D eigenvalue weighted by Gasteiger charge is -2.47. The molecule has 0 aromatic heterocycles. The molecule has 2 fully saturated rings. The molecule has 0 saturated heterocycles. The molecule has 0 bridgehead atoms. The number of fused-ring (bicyclic) bond motifs is 5. The number of ether oxygens (including phenoxy) is 2. The quantitative estimate of drug-likeness (QED) is 0.102. The van der Waals surface area contributed by atoms with Crippen molar-refractivity contribution in [1.82, 2.24) is 0 Å². The molecule has 3 aliphatic carbocycles. The molecule has 1 aliphatic heterocycles. The van der Waals surface area contributed by atoms with E-state index in [1.165, 1.54) is 12.7 Å². The maximum Gasteiger partial charge on any atom is 0.337 e. The number of carbonyl (C=O) groups is 1. The third-order valence-corrected chi connectivity index (χ3v) is 24.4. The molecular formula is C38H68O6Si2. The lowest BCUT2D eigenvalue weighted by molar-refractivity contribution is -0.140. The summed E-state index contributed by atoms with van der Waals surface area (Å²) in [5.41, 5.74) is 3.01. The van der Waals surface area contributed by atoms with Gasteiger partial charge in [0.05, 0.1) is 31.2 Å². The molecule has 2 saturated carbocycles. The molecule has 10 atom stereocenters. The van der Waals surface area contributed by atoms with E-state index in [1.807, 2.05) is 0 Å². The predicted molar refractivity (Wildman–Crippen MR) is 192 cm³/mol. The summed E-state index contributed by atoms with van der Waals surface area (Å²) >= 11 is 0. The molecule has 8 heteroatoms. The van der Waals surface area contributed by atoms with Crippen LogP contribution >= 0.6 is 0 Å². The number of rotatable bonds is 11. The molecule has 1 heterocycles. The van der Waals surface area contributed by atoms with Gasteiger partial charge in [-0.2, -0.15) is 0 Å². The van der Waals surface area contributed by atoms with E-state index in [0.717, 1.165) is 25.9 Å². The van der Waals surface area contributed by atoms with Crippen LogP contribution in [-0.4, -0.2) is 59.2 Å². The molecule has 6 nitrogen and oxygen atoms in total. The number of aliphatic hydroxyl groups is 1. The Morgan fingerprint density at radius 2 is 1.67 bits per heavy atom. The SMILES string of the molecule is COC(=O)C1=CO[C@@](C)(CCCO[Si](C)(C)C(C)(C)C)[C@@H]2C[C@H]3C(C)=C[C@H]4[C@@H](O[Si](C(C)C)(C(C)C)C(C)C)[C@H](C)[C@H](O)[C@@H]4[C@H]3[C@H]12. The molecule has 0 aromatic carbocycles. The summed E-state index contributed by atoms with van der Waals surface area (Å²) in [6, 6.07) is 0. The molecule has 0 radical (unpaired) electrons. The summed E-state index contributed by atoms with van der Waals surface area (Å²) in [6.07, 6.45) is 6.39. The molecule has 0 unspecified atom stereocenters. The molecular weight excluding hydrogens is 609 g/mol. The minimum atomic E-state index is -2.19. The largest absolute Gasteiger partial charge is 0.494 e. The Kier molecular flexibility index (Phi) is 11.0. The van der Waals surface area contributed by atoms with Gasteiger partial charge in [0, 0.05) is 30.3 Å². The predicted octanol–water partition coefficient (Wildman–Crippen LogP) is 9.27. The molecule has 4 aliphatic rings. The van der Waals surface area contributed by atoms with Crippen LogP contribution in [-0.2, 0) is 23.1 Å². The Balaban J connectivity index is 1.68. The van der Waals surface area contributed by atoms with Gasteiger partial charge >= 0.3 is 5.97 Å². The first kappa shape index (κ1) is 37.9. The second-order valence-electron chi connectivity index (χ2n) is 18.1. The Morgan fingerprint density at radius 1 is 1.09 bits per heavy atom. The van der Waals surface area contributed by atoms with Gasteiger partial charge in [0.1, 0.15) is 5.60 Å². The number of methoxy groups -OCH3 is 1. The van der Waals surface area contributed by atoms with E-state index in [4.69, 9.17) is 18.3 Å². The van der Waals surface area contributed by atoms with E-state index in [9.17, 15) is 9.90 Å². The first-order chi connectivity index (χ1) is 21.2. The number of allylic oxidation sites excluding steroid dienone is 1. The van der Waals surface area contributed by atoms with Gasteiger partial charge in [-0.1, -0.05) is 80.9 Å². The van der Waals surface area contributed by atoms with Crippen molar-refractivity contribution in [3.8, 4) is 0 Å². The van der Waals surface area contributed by atoms with Gasteiger partial charge < -0.3 is 23.4 Å². The fourth-order valence-electron chi connectivity index (χ4n) is 10.3. The van der Waals surface area contributed by atoms with Crippen molar-refractivity contribution < 1.29 is 28.2 Å². The van der Waals surface area contributed by atoms with Gasteiger partial charge in [-0.3, -0.25) is 0 Å². The molecule has 264 valence electrons. The summed E-state index contributed by atoms with van der Waals surface area (Å²) in [5.74, 6) is 0.406. The molecule has 1 N–H and O–H groups in total. The van der Waals surface area contributed by atoms with Crippen molar-refractivity contribution >= 4 is 22.6 Å². The summed E-state index contributed by atoms with van der Waals surface area (Å²) in [5, 5.41) is 12.3. The number of hydrogen-bond acceptors (Lipinski definition) is 6. The van der Waals surface area contributed by atoms with E-state index in [-0.39, 0.29) is 58.5 Å². The molecule has 46 heavy (non-hydrogen) atoms. The first-order valence-corrected chi connectivity index (χ1v) is 23.3. The van der Waals surface area contributed by atoms with Crippen molar-refractivity contribution in [2.75, 3.05) is 13.7 Å². The van der Waals surface area contributed by atoms with Gasteiger partial charge in [0.25, 0.3) is 0 Å². The second-order valence-corrected chi connectivity index (χ2v) is 28.3. The third-order valence-electron chi connectivity index (χ3n) is 13.7. The minimum Gasteiger partial charge on any atom is -0.494 e. The van der Waals surface area contributed by atoms with Gasteiger partial charge in [0.2, 0.25) is 8.32 Å². The Bertz CT molecular complexity index is 1150. The Morgan fingerprint density at radius 3 is 2.20 bits per heavy atom. The number of hydrogen-bond donors (Lipinski definition) is 1. The van der Waals surface area contributed by atoms with Crippen molar-refractivity contribution in [2.24, 2.45) is 41.4 Å². The van der Waals surface area contributed by atoms with Crippen LogP contribution < -0.4 is 0 Å². The summed E-state index contributed by atoms with van der Waals surface area (Å²) in [6.45, 7) is 32.9. The van der Waals surface area contributed by atoms with E-state index >= 15 is 0 Å². The van der Waals surface area contributed by atoms with Crippen LogP contribution in [0, 0.1) is 41.4 Å². The van der Waals surface area contributed by atoms with Crippen LogP contribution in [0.4, 0.5) is 0 Å². The van der Waals surface area contributed by atoms with E-state index < -0.39 is 28.3 Å². The summed E-state index contributed by atoms with van der Waals surface area (Å²) < 4.78 is 26.0. The Labute approximate surface area is 283 Å². The minimum absolute atomic E-state index is 0.0178. The average Bonchev–Trinajstić information content (AvgIpc) is 3.46. The van der Waals surface area contributed by atoms with Gasteiger partial charge in [-0.25, -0.2) is 4.79 Å². The van der Waals surface area contributed by atoms with E-state index in [2.05, 4.69) is 102 Å². The van der Waals surface area contributed by atoms with Crippen molar-refractivity contribution in [1.29, 1.82) is 0 Å². The van der Waals surface area contributed by atoms with Crippen molar-refractivity contribution in [3.05, 3.63) is 23.5 Å². The number of esters is 1. The molecule has 4 rings (SSSR count). The second kappa shape index (κ2) is 13.4. The summed E-state index contributed by atoms with van der Waals surface area (Å²) in [4.78, 5) is 13.4. The smallest absolute Gasteiger partial charge is 0.337 e. The van der Waals surface area contributed by atoms with Crippen molar-refractivity contribution in [3.63, 3.8) is 0 Å². The fraction of sp³-hybridized carbons (Fsp3) is 0.868. The van der Waals surface area contributed by atoms with Crippen LogP contribution in [0.25, 0.3) is 0 Å². The maximum absolute atomic E-state index is 13.4. The standard InChI is InChI=1S/C38H68O6Si2/c1-22(2)46(23(3)4,24(5)6)44-35-26(8)34(39)33-28(35)19-25(7)27-20-30-31(32(27)33)29(36(40)41-13)21-42-38(30,12)17-16-18-43-45(14,15)37(9,10)11/h19,21-24,26-28,30-35,39H,16-18,20H2,1-15H3/t26-,27+,28-,30-,31-,32-,33+,34+,35+,38+/m1/s1. The highest BCUT2D eigenvalue weighted by Gasteiger charge is 2.65. The maximum atomic E-state index is 13.4. The van der Waals surface area contributed by atoms with Crippen molar-refractivity contribution in [2.45, 2.75) is 155 Å². The topological polar surface area (TPSA) is 74.2 Å². The monoisotopic (exact) mass is 676 g/mol. The number of aliphatic hydroxyl groups excluding tert-OH is 1. The highest BCUT2D eigenvalue weighted by atomic mass is 28.4. The highest BCUT2D eigenvalue weighted by molar-refractivity contribution is 6.77.